The number of halogens is 1. The van der Waals surface area contributed by atoms with Gasteiger partial charge in [0.25, 0.3) is 5.69 Å². The van der Waals surface area contributed by atoms with Crippen LogP contribution in [0, 0.1) is 10.1 Å². The molecule has 1 aromatic rings. The van der Waals surface area contributed by atoms with Crippen LogP contribution < -0.4 is 5.32 Å². The van der Waals surface area contributed by atoms with Crippen LogP contribution in [-0.4, -0.2) is 22.2 Å². The van der Waals surface area contributed by atoms with Crippen molar-refractivity contribution >= 4 is 17.3 Å². The monoisotopic (exact) mass is 286 g/mol. The van der Waals surface area contributed by atoms with Gasteiger partial charge in [0.2, 0.25) is 0 Å². The van der Waals surface area contributed by atoms with E-state index in [0.717, 1.165) is 12.0 Å². The summed E-state index contributed by atoms with van der Waals surface area (Å²) in [6.07, 6.45) is 1.63. The Hall–Kier alpha value is -1.17. The lowest BCUT2D eigenvalue weighted by atomic mass is 10.0. The van der Waals surface area contributed by atoms with E-state index >= 15 is 0 Å². The van der Waals surface area contributed by atoms with Crippen LogP contribution in [0.2, 0.25) is 5.02 Å². The van der Waals surface area contributed by atoms with Crippen molar-refractivity contribution in [3.05, 3.63) is 38.9 Å². The minimum atomic E-state index is -0.748. The first-order valence-corrected chi connectivity index (χ1v) is 6.59. The maximum Gasteiger partial charge on any atom is 0.270 e. The van der Waals surface area contributed by atoms with Gasteiger partial charge in [-0.1, -0.05) is 24.9 Å². The molecule has 0 saturated heterocycles. The SMILES string of the molecule is CCCC(C)(O)CNCc1ccc([N+](=O)[O-])cc1Cl. The van der Waals surface area contributed by atoms with E-state index in [-0.39, 0.29) is 5.69 Å². The fourth-order valence-corrected chi connectivity index (χ4v) is 2.13. The van der Waals surface area contributed by atoms with Crippen molar-refractivity contribution in [1.29, 1.82) is 0 Å². The van der Waals surface area contributed by atoms with Gasteiger partial charge in [0.1, 0.15) is 0 Å². The second-order valence-electron chi connectivity index (χ2n) is 4.88. The Morgan fingerprint density at radius 2 is 2.21 bits per heavy atom. The molecule has 106 valence electrons. The van der Waals surface area contributed by atoms with Gasteiger partial charge in [0, 0.05) is 25.2 Å². The van der Waals surface area contributed by atoms with Gasteiger partial charge in [0.15, 0.2) is 0 Å². The van der Waals surface area contributed by atoms with Crippen molar-refractivity contribution in [2.24, 2.45) is 0 Å². The third-order valence-corrected chi connectivity index (χ3v) is 3.21. The van der Waals surface area contributed by atoms with Gasteiger partial charge in [-0.2, -0.15) is 0 Å². The summed E-state index contributed by atoms with van der Waals surface area (Å²) >= 11 is 5.98. The van der Waals surface area contributed by atoms with Crippen LogP contribution in [-0.2, 0) is 6.54 Å². The largest absolute Gasteiger partial charge is 0.389 e. The highest BCUT2D eigenvalue weighted by atomic mass is 35.5. The van der Waals surface area contributed by atoms with E-state index in [9.17, 15) is 15.2 Å². The first-order chi connectivity index (χ1) is 8.85. The number of nitrogens with one attached hydrogen (secondary N) is 1. The maximum atomic E-state index is 10.6. The van der Waals surface area contributed by atoms with Crippen molar-refractivity contribution in [2.45, 2.75) is 38.8 Å². The number of nitrogens with zero attached hydrogens (tertiary/aromatic N) is 1. The standard InChI is InChI=1S/C13H19ClN2O3/c1-3-6-13(2,17)9-15-8-10-4-5-11(16(18)19)7-12(10)14/h4-5,7,15,17H,3,6,8-9H2,1-2H3. The molecule has 0 bridgehead atoms. The predicted octanol–water partition coefficient (Wildman–Crippen LogP) is 2.89. The summed E-state index contributed by atoms with van der Waals surface area (Å²) in [5.41, 5.74) is 0.00782. The van der Waals surface area contributed by atoms with E-state index in [0.29, 0.717) is 24.5 Å². The summed E-state index contributed by atoms with van der Waals surface area (Å²) in [5, 5.41) is 24.0. The van der Waals surface area contributed by atoms with Crippen molar-refractivity contribution in [2.75, 3.05) is 6.54 Å². The molecule has 0 radical (unpaired) electrons. The van der Waals surface area contributed by atoms with Gasteiger partial charge in [-0.25, -0.2) is 0 Å². The number of non-ortho nitro benzene ring substituents is 1. The van der Waals surface area contributed by atoms with E-state index in [1.807, 2.05) is 6.92 Å². The summed E-state index contributed by atoms with van der Waals surface area (Å²) < 4.78 is 0. The Balaban J connectivity index is 2.57. The molecule has 1 aromatic carbocycles. The molecule has 6 heteroatoms. The highest BCUT2D eigenvalue weighted by Gasteiger charge is 2.18. The summed E-state index contributed by atoms with van der Waals surface area (Å²) in [6.45, 7) is 4.72. The third-order valence-electron chi connectivity index (χ3n) is 2.86. The zero-order valence-corrected chi connectivity index (χ0v) is 11.9. The maximum absolute atomic E-state index is 10.6. The predicted molar refractivity (Wildman–Crippen MR) is 75.3 cm³/mol. The number of nitro benzene ring substituents is 1. The van der Waals surface area contributed by atoms with Gasteiger partial charge in [-0.3, -0.25) is 10.1 Å². The zero-order valence-electron chi connectivity index (χ0n) is 11.1. The number of aliphatic hydroxyl groups is 1. The van der Waals surface area contributed by atoms with Crippen LogP contribution in [0.15, 0.2) is 18.2 Å². The van der Waals surface area contributed by atoms with E-state index in [4.69, 9.17) is 11.6 Å². The van der Waals surface area contributed by atoms with Crippen LogP contribution in [0.1, 0.15) is 32.3 Å². The third kappa shape index (κ3) is 5.14. The lowest BCUT2D eigenvalue weighted by molar-refractivity contribution is -0.384. The number of nitro groups is 1. The number of hydrogen-bond donors (Lipinski definition) is 2. The fraction of sp³-hybridized carbons (Fsp3) is 0.538. The minimum absolute atomic E-state index is 0.0215. The molecule has 0 aliphatic rings. The number of rotatable bonds is 7. The smallest absolute Gasteiger partial charge is 0.270 e. The second kappa shape index (κ2) is 6.84. The molecule has 19 heavy (non-hydrogen) atoms. The first kappa shape index (κ1) is 15.9. The van der Waals surface area contributed by atoms with Gasteiger partial charge in [-0.15, -0.1) is 0 Å². The summed E-state index contributed by atoms with van der Waals surface area (Å²) in [6, 6.07) is 4.39. The molecule has 5 nitrogen and oxygen atoms in total. The second-order valence-corrected chi connectivity index (χ2v) is 5.29. The van der Waals surface area contributed by atoms with E-state index in [2.05, 4.69) is 5.32 Å². The van der Waals surface area contributed by atoms with Crippen molar-refractivity contribution in [3.8, 4) is 0 Å². The molecule has 2 N–H and O–H groups in total. The highest BCUT2D eigenvalue weighted by molar-refractivity contribution is 6.31. The van der Waals surface area contributed by atoms with Gasteiger partial charge >= 0.3 is 0 Å². The molecule has 1 atom stereocenters. The van der Waals surface area contributed by atoms with Crippen LogP contribution in [0.5, 0.6) is 0 Å². The van der Waals surface area contributed by atoms with Crippen molar-refractivity contribution < 1.29 is 10.0 Å². The molecule has 0 aromatic heterocycles. The Labute approximate surface area is 117 Å². The van der Waals surface area contributed by atoms with Gasteiger partial charge in [-0.05, 0) is 25.0 Å². The van der Waals surface area contributed by atoms with Crippen LogP contribution in [0.25, 0.3) is 0 Å². The van der Waals surface area contributed by atoms with Crippen molar-refractivity contribution in [1.82, 2.24) is 5.32 Å². The fourth-order valence-electron chi connectivity index (χ4n) is 1.89. The average molecular weight is 287 g/mol. The Kier molecular flexibility index (Phi) is 5.72. The highest BCUT2D eigenvalue weighted by Crippen LogP contribution is 2.22. The minimum Gasteiger partial charge on any atom is -0.389 e. The molecule has 0 amide bonds. The molecule has 0 aliphatic carbocycles. The molecule has 0 spiro atoms. The summed E-state index contributed by atoms with van der Waals surface area (Å²) in [5.74, 6) is 0. The normalized spacial score (nSPS) is 14.1. The van der Waals surface area contributed by atoms with Crippen molar-refractivity contribution in [3.63, 3.8) is 0 Å². The molecule has 0 fully saturated rings. The molecule has 1 rings (SSSR count). The molecule has 0 heterocycles. The molecule has 0 saturated carbocycles. The van der Waals surface area contributed by atoms with Crippen LogP contribution >= 0.6 is 11.6 Å². The zero-order chi connectivity index (χ0) is 14.5. The Bertz CT molecular complexity index is 450. The van der Waals surface area contributed by atoms with Gasteiger partial charge < -0.3 is 10.4 Å². The van der Waals surface area contributed by atoms with E-state index in [1.54, 1.807) is 13.0 Å². The lowest BCUT2D eigenvalue weighted by Crippen LogP contribution is -2.37. The number of hydrogen-bond acceptors (Lipinski definition) is 4. The van der Waals surface area contributed by atoms with Crippen LogP contribution in [0.4, 0.5) is 5.69 Å². The van der Waals surface area contributed by atoms with E-state index < -0.39 is 10.5 Å². The molecule has 0 aliphatic heterocycles. The average Bonchev–Trinajstić information content (AvgIpc) is 2.30. The topological polar surface area (TPSA) is 75.4 Å². The molecular formula is C13H19ClN2O3. The first-order valence-electron chi connectivity index (χ1n) is 6.21. The molecule has 1 unspecified atom stereocenters. The summed E-state index contributed by atoms with van der Waals surface area (Å²) in [4.78, 5) is 10.1. The van der Waals surface area contributed by atoms with Crippen LogP contribution in [0.3, 0.4) is 0 Å². The quantitative estimate of drug-likeness (QED) is 0.597. The Morgan fingerprint density at radius 3 is 2.74 bits per heavy atom. The number of benzene rings is 1. The van der Waals surface area contributed by atoms with Gasteiger partial charge in [0.05, 0.1) is 15.5 Å². The molecular weight excluding hydrogens is 268 g/mol. The summed E-state index contributed by atoms with van der Waals surface area (Å²) in [7, 11) is 0. The Morgan fingerprint density at radius 1 is 1.53 bits per heavy atom. The lowest BCUT2D eigenvalue weighted by Gasteiger charge is -2.23. The van der Waals surface area contributed by atoms with E-state index in [1.165, 1.54) is 12.1 Å².